The second kappa shape index (κ2) is 6.50. The fourth-order valence-corrected chi connectivity index (χ4v) is 3.94. The normalized spacial score (nSPS) is 18.5. The topological polar surface area (TPSA) is 54.5 Å². The maximum atomic E-state index is 11.7. The molecule has 0 radical (unpaired) electrons. The molecule has 0 aromatic carbocycles. The third-order valence-electron chi connectivity index (χ3n) is 2.82. The van der Waals surface area contributed by atoms with Crippen LogP contribution in [0.4, 0.5) is 0 Å². The van der Waals surface area contributed by atoms with Crippen LogP contribution >= 0.6 is 0 Å². The summed E-state index contributed by atoms with van der Waals surface area (Å²) >= 11 is 0. The molecule has 4 nitrogen and oxygen atoms in total. The van der Waals surface area contributed by atoms with Crippen molar-refractivity contribution in [3.63, 3.8) is 0 Å². The molecule has 0 amide bonds. The summed E-state index contributed by atoms with van der Waals surface area (Å²) in [5, 5.41) is 0. The smallest absolute Gasteiger partial charge is 0.161 e. The highest BCUT2D eigenvalue weighted by Gasteiger charge is 2.20. The van der Waals surface area contributed by atoms with Crippen molar-refractivity contribution in [2.75, 3.05) is 31.1 Å². The van der Waals surface area contributed by atoms with E-state index in [-0.39, 0.29) is 23.2 Å². The Kier molecular flexibility index (Phi) is 5.59. The molecular formula is C12H23NO3S. The molecule has 1 aliphatic heterocycles. The minimum atomic E-state index is -3.21. The van der Waals surface area contributed by atoms with Crippen LogP contribution in [0.15, 0.2) is 0 Å². The summed E-state index contributed by atoms with van der Waals surface area (Å²) in [6, 6.07) is 0. The Bertz CT molecular complexity index is 343. The molecule has 1 saturated heterocycles. The summed E-state index contributed by atoms with van der Waals surface area (Å²) in [6.07, 6.45) is 3.45. The number of nitrogens with zero attached hydrogens (tertiary/aromatic N) is 1. The van der Waals surface area contributed by atoms with Crippen LogP contribution in [0.3, 0.4) is 0 Å². The Balaban J connectivity index is 2.38. The van der Waals surface area contributed by atoms with Crippen LogP contribution in [-0.4, -0.2) is 50.2 Å². The number of carbonyl (C=O) groups excluding carboxylic acids is 1. The van der Waals surface area contributed by atoms with E-state index in [0.29, 0.717) is 6.54 Å². The number of Topliss-reactive ketones (excluding diaryl/α,β-unsaturated/α-hetero) is 1. The average Bonchev–Trinajstić information content (AvgIpc) is 2.15. The summed E-state index contributed by atoms with van der Waals surface area (Å²) in [7, 11) is -3.21. The zero-order chi connectivity index (χ0) is 12.9. The van der Waals surface area contributed by atoms with Gasteiger partial charge in [0.25, 0.3) is 0 Å². The Morgan fingerprint density at radius 2 is 1.76 bits per heavy atom. The first kappa shape index (κ1) is 14.6. The maximum absolute atomic E-state index is 11.7. The number of hydrogen-bond donors (Lipinski definition) is 0. The van der Waals surface area contributed by atoms with Crippen molar-refractivity contribution in [2.24, 2.45) is 5.92 Å². The Morgan fingerprint density at radius 3 is 2.29 bits per heavy atom. The second-order valence-corrected chi connectivity index (χ2v) is 7.43. The molecule has 0 saturated carbocycles. The molecule has 17 heavy (non-hydrogen) atoms. The monoisotopic (exact) mass is 261 g/mol. The molecule has 1 heterocycles. The van der Waals surface area contributed by atoms with Gasteiger partial charge in [-0.05, 0) is 31.8 Å². The van der Waals surface area contributed by atoms with E-state index in [1.807, 2.05) is 13.8 Å². The molecule has 0 bridgehead atoms. The van der Waals surface area contributed by atoms with Crippen LogP contribution in [0, 0.1) is 5.92 Å². The standard InChI is InChI=1S/C12H23NO3S/c1-11(2)9-17(15,16)10-12(14)8-13-6-4-3-5-7-13/h11H,3-10H2,1-2H3. The zero-order valence-corrected chi connectivity index (χ0v) is 11.6. The predicted octanol–water partition coefficient (Wildman–Crippen LogP) is 1.11. The van der Waals surface area contributed by atoms with Crippen molar-refractivity contribution in [2.45, 2.75) is 33.1 Å². The third kappa shape index (κ3) is 6.17. The quantitative estimate of drug-likeness (QED) is 0.719. The van der Waals surface area contributed by atoms with E-state index in [1.165, 1.54) is 6.42 Å². The molecular weight excluding hydrogens is 238 g/mol. The molecule has 0 unspecified atom stereocenters. The minimum Gasteiger partial charge on any atom is -0.297 e. The number of piperidine rings is 1. The molecule has 0 spiro atoms. The molecule has 1 aliphatic rings. The lowest BCUT2D eigenvalue weighted by atomic mass is 10.1. The van der Waals surface area contributed by atoms with Crippen LogP contribution in [0.2, 0.25) is 0 Å². The van der Waals surface area contributed by atoms with E-state index in [0.717, 1.165) is 25.9 Å². The van der Waals surface area contributed by atoms with Gasteiger partial charge in [0.15, 0.2) is 15.6 Å². The van der Waals surface area contributed by atoms with Gasteiger partial charge in [0.05, 0.1) is 12.3 Å². The van der Waals surface area contributed by atoms with Crippen molar-refractivity contribution in [1.29, 1.82) is 0 Å². The van der Waals surface area contributed by atoms with Gasteiger partial charge in [-0.1, -0.05) is 20.3 Å². The molecule has 0 atom stereocenters. The Labute approximate surface area is 104 Å². The highest BCUT2D eigenvalue weighted by molar-refractivity contribution is 7.92. The molecule has 0 aromatic rings. The molecule has 1 fully saturated rings. The fourth-order valence-electron chi connectivity index (χ4n) is 2.22. The first-order valence-electron chi connectivity index (χ1n) is 6.33. The Morgan fingerprint density at radius 1 is 1.18 bits per heavy atom. The van der Waals surface area contributed by atoms with Crippen molar-refractivity contribution < 1.29 is 13.2 Å². The molecule has 100 valence electrons. The van der Waals surface area contributed by atoms with E-state index < -0.39 is 9.84 Å². The number of likely N-dealkylation sites (tertiary alicyclic amines) is 1. The summed E-state index contributed by atoms with van der Waals surface area (Å²) < 4.78 is 23.3. The number of rotatable bonds is 6. The number of sulfone groups is 1. The molecule has 0 aromatic heterocycles. The number of hydrogen-bond acceptors (Lipinski definition) is 4. The zero-order valence-electron chi connectivity index (χ0n) is 10.8. The summed E-state index contributed by atoms with van der Waals surface area (Å²) in [4.78, 5) is 13.8. The van der Waals surface area contributed by atoms with E-state index in [2.05, 4.69) is 4.90 Å². The van der Waals surface area contributed by atoms with Crippen molar-refractivity contribution >= 4 is 15.6 Å². The number of carbonyl (C=O) groups is 1. The van der Waals surface area contributed by atoms with Crippen molar-refractivity contribution in [3.05, 3.63) is 0 Å². The Hall–Kier alpha value is -0.420. The summed E-state index contributed by atoms with van der Waals surface area (Å²) in [5.74, 6) is -0.254. The van der Waals surface area contributed by atoms with Crippen LogP contribution < -0.4 is 0 Å². The van der Waals surface area contributed by atoms with E-state index >= 15 is 0 Å². The first-order valence-corrected chi connectivity index (χ1v) is 8.15. The van der Waals surface area contributed by atoms with Gasteiger partial charge in [-0.3, -0.25) is 9.69 Å². The van der Waals surface area contributed by atoms with Crippen LogP contribution in [-0.2, 0) is 14.6 Å². The molecule has 0 aliphatic carbocycles. The van der Waals surface area contributed by atoms with E-state index in [4.69, 9.17) is 0 Å². The van der Waals surface area contributed by atoms with E-state index in [1.54, 1.807) is 0 Å². The van der Waals surface area contributed by atoms with Crippen molar-refractivity contribution in [3.8, 4) is 0 Å². The van der Waals surface area contributed by atoms with Gasteiger partial charge in [-0.25, -0.2) is 8.42 Å². The van der Waals surface area contributed by atoms with Crippen LogP contribution in [0.5, 0.6) is 0 Å². The maximum Gasteiger partial charge on any atom is 0.161 e. The molecule has 5 heteroatoms. The lowest BCUT2D eigenvalue weighted by Crippen LogP contribution is -2.37. The van der Waals surface area contributed by atoms with Gasteiger partial charge >= 0.3 is 0 Å². The summed E-state index contributed by atoms with van der Waals surface area (Å²) in [6.45, 7) is 5.86. The van der Waals surface area contributed by atoms with Gasteiger partial charge in [-0.2, -0.15) is 0 Å². The van der Waals surface area contributed by atoms with Gasteiger partial charge in [0, 0.05) is 0 Å². The van der Waals surface area contributed by atoms with Gasteiger partial charge < -0.3 is 0 Å². The summed E-state index contributed by atoms with van der Waals surface area (Å²) in [5.41, 5.74) is 0. The highest BCUT2D eigenvalue weighted by Crippen LogP contribution is 2.08. The lowest BCUT2D eigenvalue weighted by Gasteiger charge is -2.25. The van der Waals surface area contributed by atoms with Gasteiger partial charge in [0.1, 0.15) is 5.75 Å². The second-order valence-electron chi connectivity index (χ2n) is 5.32. The molecule has 1 rings (SSSR count). The minimum absolute atomic E-state index is 0.0859. The lowest BCUT2D eigenvalue weighted by molar-refractivity contribution is -0.118. The first-order chi connectivity index (χ1) is 7.89. The van der Waals surface area contributed by atoms with Crippen LogP contribution in [0.1, 0.15) is 33.1 Å². The average molecular weight is 261 g/mol. The van der Waals surface area contributed by atoms with Crippen molar-refractivity contribution in [1.82, 2.24) is 4.90 Å². The fraction of sp³-hybridized carbons (Fsp3) is 0.917. The van der Waals surface area contributed by atoms with Gasteiger partial charge in [0.2, 0.25) is 0 Å². The molecule has 0 N–H and O–H groups in total. The van der Waals surface area contributed by atoms with Gasteiger partial charge in [-0.15, -0.1) is 0 Å². The van der Waals surface area contributed by atoms with Crippen LogP contribution in [0.25, 0.3) is 0 Å². The number of ketones is 1. The van der Waals surface area contributed by atoms with E-state index in [9.17, 15) is 13.2 Å². The third-order valence-corrected chi connectivity index (χ3v) is 4.75. The largest absolute Gasteiger partial charge is 0.297 e. The highest BCUT2D eigenvalue weighted by atomic mass is 32.2. The SMILES string of the molecule is CC(C)CS(=O)(=O)CC(=O)CN1CCCCC1. The predicted molar refractivity (Wildman–Crippen MR) is 68.8 cm³/mol.